The smallest absolute Gasteiger partial charge is 0.214 e. The Morgan fingerprint density at radius 2 is 1.81 bits per heavy atom. The maximum Gasteiger partial charge on any atom is 0.214 e. The van der Waals surface area contributed by atoms with Crippen molar-refractivity contribution < 1.29 is 23.0 Å². The molecular weight excluding hydrogens is 402 g/mol. The first-order chi connectivity index (χ1) is 15.1. The molecule has 0 aliphatic carbocycles. The number of halogens is 2. The summed E-state index contributed by atoms with van der Waals surface area (Å²) in [5.41, 5.74) is 3.19. The lowest BCUT2D eigenvalue weighted by molar-refractivity contribution is -0.0211. The highest BCUT2D eigenvalue weighted by atomic mass is 19.2. The van der Waals surface area contributed by atoms with Gasteiger partial charge in [-0.1, -0.05) is 30.3 Å². The molecule has 0 spiro atoms. The molecule has 0 aromatic heterocycles. The summed E-state index contributed by atoms with van der Waals surface area (Å²) >= 11 is 0. The van der Waals surface area contributed by atoms with Crippen molar-refractivity contribution in [1.82, 2.24) is 5.01 Å². The monoisotopic (exact) mass is 422 g/mol. The Hall–Kier alpha value is -3.61. The minimum atomic E-state index is -0.931. The minimum absolute atomic E-state index is 0.141. The molecule has 0 fully saturated rings. The minimum Gasteiger partial charge on any atom is -0.497 e. The largest absolute Gasteiger partial charge is 0.497 e. The molecule has 2 heterocycles. The molecule has 5 nitrogen and oxygen atoms in total. The summed E-state index contributed by atoms with van der Waals surface area (Å²) in [6, 6.07) is 17.0. The van der Waals surface area contributed by atoms with E-state index in [1.807, 2.05) is 47.5 Å². The van der Waals surface area contributed by atoms with Crippen molar-refractivity contribution in [2.45, 2.75) is 18.7 Å². The van der Waals surface area contributed by atoms with E-state index in [-0.39, 0.29) is 6.04 Å². The van der Waals surface area contributed by atoms with Crippen LogP contribution >= 0.6 is 0 Å². The molecule has 2 aliphatic rings. The lowest BCUT2D eigenvalue weighted by atomic mass is 9.95. The van der Waals surface area contributed by atoms with E-state index < -0.39 is 17.9 Å². The van der Waals surface area contributed by atoms with Crippen LogP contribution in [0.25, 0.3) is 0 Å². The fourth-order valence-electron chi connectivity index (χ4n) is 4.11. The highest BCUT2D eigenvalue weighted by Gasteiger charge is 2.42. The van der Waals surface area contributed by atoms with Crippen LogP contribution in [0.2, 0.25) is 0 Å². The first-order valence-electron chi connectivity index (χ1n) is 9.88. The van der Waals surface area contributed by atoms with Gasteiger partial charge in [0.15, 0.2) is 23.1 Å². The Kier molecular flexibility index (Phi) is 4.73. The van der Waals surface area contributed by atoms with Crippen molar-refractivity contribution in [2.75, 3.05) is 14.2 Å². The quantitative estimate of drug-likeness (QED) is 0.578. The van der Waals surface area contributed by atoms with Crippen LogP contribution in [-0.2, 0) is 0 Å². The van der Waals surface area contributed by atoms with Gasteiger partial charge >= 0.3 is 0 Å². The molecule has 2 unspecified atom stereocenters. The summed E-state index contributed by atoms with van der Waals surface area (Å²) in [6.45, 7) is 0. The molecule has 0 radical (unpaired) electrons. The van der Waals surface area contributed by atoms with Crippen LogP contribution in [-0.4, -0.2) is 24.9 Å². The second-order valence-electron chi connectivity index (χ2n) is 7.40. The molecule has 2 aliphatic heterocycles. The number of nitrogens with zero attached hydrogens (tertiary/aromatic N) is 2. The average Bonchev–Trinajstić information content (AvgIpc) is 3.26. The summed E-state index contributed by atoms with van der Waals surface area (Å²) in [5, 5.41) is 6.64. The SMILES string of the molecule is COc1cccc(C2=NN3C(C2)c2cccc(OC)c2OC3c2ccc(F)c(F)c2)c1. The van der Waals surface area contributed by atoms with Gasteiger partial charge < -0.3 is 14.2 Å². The van der Waals surface area contributed by atoms with Gasteiger partial charge in [-0.05, 0) is 30.3 Å². The molecule has 3 aromatic rings. The third kappa shape index (κ3) is 3.26. The van der Waals surface area contributed by atoms with Crippen molar-refractivity contribution in [3.8, 4) is 17.2 Å². The molecule has 0 amide bonds. The number of rotatable bonds is 4. The van der Waals surface area contributed by atoms with E-state index in [4.69, 9.17) is 19.3 Å². The van der Waals surface area contributed by atoms with Crippen LogP contribution in [0.4, 0.5) is 8.78 Å². The number of fused-ring (bicyclic) bond motifs is 3. The van der Waals surface area contributed by atoms with Crippen molar-refractivity contribution in [1.29, 1.82) is 0 Å². The topological polar surface area (TPSA) is 43.3 Å². The summed E-state index contributed by atoms with van der Waals surface area (Å²) < 4.78 is 44.7. The van der Waals surface area contributed by atoms with Gasteiger partial charge in [-0.25, -0.2) is 13.8 Å². The third-order valence-corrected chi connectivity index (χ3v) is 5.63. The number of ether oxygens (including phenoxy) is 3. The van der Waals surface area contributed by atoms with Crippen LogP contribution in [0.15, 0.2) is 65.8 Å². The van der Waals surface area contributed by atoms with E-state index in [1.54, 1.807) is 14.2 Å². The Morgan fingerprint density at radius 3 is 2.58 bits per heavy atom. The van der Waals surface area contributed by atoms with Crippen LogP contribution in [0.1, 0.15) is 35.4 Å². The summed E-state index contributed by atoms with van der Waals surface area (Å²) in [7, 11) is 3.19. The van der Waals surface area contributed by atoms with Crippen molar-refractivity contribution in [2.24, 2.45) is 5.10 Å². The molecule has 158 valence electrons. The van der Waals surface area contributed by atoms with Crippen LogP contribution in [0.5, 0.6) is 17.2 Å². The maximum atomic E-state index is 14.0. The molecule has 0 saturated heterocycles. The average molecular weight is 422 g/mol. The second-order valence-corrected chi connectivity index (χ2v) is 7.40. The highest BCUT2D eigenvalue weighted by molar-refractivity contribution is 6.02. The summed E-state index contributed by atoms with van der Waals surface area (Å²) in [6.07, 6.45) is -0.108. The number of para-hydroxylation sites is 1. The van der Waals surface area contributed by atoms with Gasteiger partial charge in [0.25, 0.3) is 0 Å². The standard InChI is InChI=1S/C24H20F2N2O3/c1-29-16-6-3-5-14(11-16)20-13-21-17-7-4-8-22(30-2)23(17)31-24(28(21)27-20)15-9-10-18(25)19(26)12-15/h3-12,21,24H,13H2,1-2H3. The number of hydrazone groups is 1. The number of benzene rings is 3. The lowest BCUT2D eigenvalue weighted by Gasteiger charge is -2.38. The Labute approximate surface area is 178 Å². The van der Waals surface area contributed by atoms with Gasteiger partial charge in [0.2, 0.25) is 6.23 Å². The molecule has 7 heteroatoms. The highest BCUT2D eigenvalue weighted by Crippen LogP contribution is 2.50. The first kappa shape index (κ1) is 19.4. The first-order valence-corrected chi connectivity index (χ1v) is 9.88. The van der Waals surface area contributed by atoms with Gasteiger partial charge in [-0.2, -0.15) is 5.10 Å². The van der Waals surface area contributed by atoms with Crippen molar-refractivity contribution in [3.63, 3.8) is 0 Å². The summed E-state index contributed by atoms with van der Waals surface area (Å²) in [5.74, 6) is 0.0685. The Bertz CT molecular complexity index is 1180. The Balaban J connectivity index is 1.62. The van der Waals surface area contributed by atoms with Crippen LogP contribution < -0.4 is 14.2 Å². The number of hydrogen-bond donors (Lipinski definition) is 0. The number of hydrogen-bond acceptors (Lipinski definition) is 5. The molecule has 2 atom stereocenters. The van der Waals surface area contributed by atoms with Crippen LogP contribution in [0, 0.1) is 11.6 Å². The normalized spacial score (nSPS) is 19.2. The van der Waals surface area contributed by atoms with E-state index in [9.17, 15) is 8.78 Å². The molecule has 0 bridgehead atoms. The molecule has 3 aromatic carbocycles. The van der Waals surface area contributed by atoms with E-state index in [0.29, 0.717) is 23.5 Å². The fourth-order valence-corrected chi connectivity index (χ4v) is 4.11. The molecule has 5 rings (SSSR count). The van der Waals surface area contributed by atoms with E-state index >= 15 is 0 Å². The summed E-state index contributed by atoms with van der Waals surface area (Å²) in [4.78, 5) is 0. The van der Waals surface area contributed by atoms with Crippen molar-refractivity contribution >= 4 is 5.71 Å². The molecular formula is C24H20F2N2O3. The molecule has 31 heavy (non-hydrogen) atoms. The number of methoxy groups -OCH3 is 2. The second kappa shape index (κ2) is 7.58. The van der Waals surface area contributed by atoms with Gasteiger partial charge in [0.1, 0.15) is 5.75 Å². The predicted molar refractivity (Wildman–Crippen MR) is 111 cm³/mol. The zero-order valence-corrected chi connectivity index (χ0v) is 17.0. The van der Waals surface area contributed by atoms with E-state index in [2.05, 4.69) is 0 Å². The Morgan fingerprint density at radius 1 is 0.968 bits per heavy atom. The lowest BCUT2D eigenvalue weighted by Crippen LogP contribution is -2.34. The van der Waals surface area contributed by atoms with E-state index in [0.717, 1.165) is 34.7 Å². The zero-order chi connectivity index (χ0) is 21.5. The maximum absolute atomic E-state index is 14.0. The van der Waals surface area contributed by atoms with Crippen molar-refractivity contribution in [3.05, 3.63) is 89.0 Å². The van der Waals surface area contributed by atoms with Gasteiger partial charge in [-0.3, -0.25) is 0 Å². The zero-order valence-electron chi connectivity index (χ0n) is 17.0. The molecule has 0 N–H and O–H groups in total. The van der Waals surface area contributed by atoms with Gasteiger partial charge in [0, 0.05) is 23.1 Å². The fraction of sp³-hybridized carbons (Fsp3) is 0.208. The van der Waals surface area contributed by atoms with Gasteiger partial charge in [-0.15, -0.1) is 0 Å². The predicted octanol–water partition coefficient (Wildman–Crippen LogP) is 5.22. The van der Waals surface area contributed by atoms with Gasteiger partial charge in [0.05, 0.1) is 26.0 Å². The van der Waals surface area contributed by atoms with Crippen LogP contribution in [0.3, 0.4) is 0 Å². The third-order valence-electron chi connectivity index (χ3n) is 5.63. The van der Waals surface area contributed by atoms with E-state index in [1.165, 1.54) is 6.07 Å². The molecule has 0 saturated carbocycles.